The molecule has 0 atom stereocenters. The van der Waals surface area contributed by atoms with E-state index < -0.39 is 53.1 Å². The summed E-state index contributed by atoms with van der Waals surface area (Å²) in [5.41, 5.74) is -2.50. The molecule has 0 aliphatic heterocycles. The van der Waals surface area contributed by atoms with E-state index in [0.29, 0.717) is 17.3 Å². The van der Waals surface area contributed by atoms with Gasteiger partial charge in [-0.05, 0) is 37.3 Å². The number of hydrogen-bond acceptors (Lipinski definition) is 3. The number of amides is 1. The number of anilines is 1. The molecule has 1 aliphatic rings. The summed E-state index contributed by atoms with van der Waals surface area (Å²) in [6, 6.07) is 1.83. The van der Waals surface area contributed by atoms with Crippen molar-refractivity contribution in [2.75, 3.05) is 5.32 Å². The quantitative estimate of drug-likeness (QED) is 0.461. The van der Waals surface area contributed by atoms with Crippen LogP contribution < -0.4 is 5.32 Å². The van der Waals surface area contributed by atoms with Gasteiger partial charge in [0.15, 0.2) is 28.9 Å². The van der Waals surface area contributed by atoms with Crippen molar-refractivity contribution in [1.82, 2.24) is 14.8 Å². The van der Waals surface area contributed by atoms with Crippen LogP contribution in [0.15, 0.2) is 12.3 Å². The van der Waals surface area contributed by atoms with Crippen molar-refractivity contribution < 1.29 is 35.5 Å². The Kier molecular flexibility index (Phi) is 4.90. The predicted octanol–water partition coefficient (Wildman–Crippen LogP) is 4.83. The van der Waals surface area contributed by atoms with E-state index in [-0.39, 0.29) is 0 Å². The Morgan fingerprint density at radius 1 is 1.13 bits per heavy atom. The van der Waals surface area contributed by atoms with Gasteiger partial charge in [-0.2, -0.15) is 18.3 Å². The molecule has 0 bridgehead atoms. The fourth-order valence-corrected chi connectivity index (χ4v) is 3.46. The van der Waals surface area contributed by atoms with Gasteiger partial charge in [-0.25, -0.2) is 27.2 Å². The lowest BCUT2D eigenvalue weighted by molar-refractivity contribution is -0.143. The van der Waals surface area contributed by atoms with Gasteiger partial charge in [0.1, 0.15) is 17.8 Å². The number of nitrogens with zero attached hydrogens (tertiary/aromatic N) is 3. The van der Waals surface area contributed by atoms with E-state index in [2.05, 4.69) is 10.1 Å². The number of nitrogens with one attached hydrogen (secondary N) is 1. The Bertz CT molecular complexity index is 1190. The van der Waals surface area contributed by atoms with Crippen molar-refractivity contribution in [3.8, 4) is 0 Å². The second-order valence-corrected chi connectivity index (χ2v) is 7.17. The third kappa shape index (κ3) is 3.59. The van der Waals surface area contributed by atoms with Crippen LogP contribution in [0.1, 0.15) is 35.6 Å². The number of pyridine rings is 1. The lowest BCUT2D eigenvalue weighted by atomic mass is 10.1. The van der Waals surface area contributed by atoms with Gasteiger partial charge in [-0.15, -0.1) is 0 Å². The molecule has 4 rings (SSSR count). The predicted molar refractivity (Wildman–Crippen MR) is 94.1 cm³/mol. The molecule has 0 spiro atoms. The maximum absolute atomic E-state index is 14.0. The SMILES string of the molecule is Cc1nn(CC(=O)Nc2c(F)c(F)c(C(F)(F)F)c(F)c2F)c2nccc(C3CC3)c12. The molecular formula is C19H13F7N4O. The van der Waals surface area contributed by atoms with Crippen LogP contribution in [-0.2, 0) is 17.5 Å². The first-order valence-electron chi connectivity index (χ1n) is 9.05. The molecule has 1 amide bonds. The fraction of sp³-hybridized carbons (Fsp3) is 0.316. The summed E-state index contributed by atoms with van der Waals surface area (Å²) in [4.78, 5) is 16.4. The average molecular weight is 446 g/mol. The van der Waals surface area contributed by atoms with Gasteiger partial charge in [0.25, 0.3) is 0 Å². The van der Waals surface area contributed by atoms with Crippen molar-refractivity contribution in [2.45, 2.75) is 38.4 Å². The van der Waals surface area contributed by atoms with E-state index in [9.17, 15) is 35.5 Å². The van der Waals surface area contributed by atoms with Crippen LogP contribution in [0.5, 0.6) is 0 Å². The monoisotopic (exact) mass is 446 g/mol. The molecule has 1 aliphatic carbocycles. The molecule has 0 unspecified atom stereocenters. The number of halogens is 7. The standard InChI is InChI=1S/C19H13F7N4O/c1-7-11-9(8-2-3-8)4-5-27-18(11)30(29-7)6-10(31)28-17-15(22)13(20)12(19(24,25)26)14(21)16(17)23/h4-5,8H,2-3,6H2,1H3,(H,28,31). The Hall–Kier alpha value is -3.18. The topological polar surface area (TPSA) is 59.8 Å². The molecule has 0 radical (unpaired) electrons. The largest absolute Gasteiger partial charge is 0.422 e. The highest BCUT2D eigenvalue weighted by atomic mass is 19.4. The number of hydrogen-bond donors (Lipinski definition) is 1. The molecule has 2 heterocycles. The Labute approximate surface area is 169 Å². The number of benzene rings is 1. The van der Waals surface area contributed by atoms with Crippen molar-refractivity contribution in [3.05, 3.63) is 52.4 Å². The Morgan fingerprint density at radius 2 is 1.74 bits per heavy atom. The minimum atomic E-state index is -5.67. The molecule has 1 fully saturated rings. The maximum Gasteiger partial charge on any atom is 0.422 e. The molecule has 1 N–H and O–H groups in total. The summed E-state index contributed by atoms with van der Waals surface area (Å²) < 4.78 is 94.6. The lowest BCUT2D eigenvalue weighted by Crippen LogP contribution is -2.23. The molecule has 2 aromatic heterocycles. The number of fused-ring (bicyclic) bond motifs is 1. The van der Waals surface area contributed by atoms with E-state index in [1.807, 2.05) is 6.07 Å². The Morgan fingerprint density at radius 3 is 2.29 bits per heavy atom. The fourth-order valence-electron chi connectivity index (χ4n) is 3.46. The molecule has 31 heavy (non-hydrogen) atoms. The van der Waals surface area contributed by atoms with E-state index >= 15 is 0 Å². The summed E-state index contributed by atoms with van der Waals surface area (Å²) >= 11 is 0. The van der Waals surface area contributed by atoms with Crippen molar-refractivity contribution in [1.29, 1.82) is 0 Å². The summed E-state index contributed by atoms with van der Waals surface area (Å²) in [5.74, 6) is -10.9. The third-order valence-corrected chi connectivity index (χ3v) is 4.96. The zero-order chi connectivity index (χ0) is 22.7. The molecule has 1 aromatic carbocycles. The molecular weight excluding hydrogens is 433 g/mol. The third-order valence-electron chi connectivity index (χ3n) is 4.96. The van der Waals surface area contributed by atoms with Gasteiger partial charge >= 0.3 is 6.18 Å². The molecule has 3 aromatic rings. The van der Waals surface area contributed by atoms with E-state index in [1.165, 1.54) is 6.20 Å². The van der Waals surface area contributed by atoms with Crippen molar-refractivity contribution in [2.24, 2.45) is 0 Å². The first-order chi connectivity index (χ1) is 14.5. The van der Waals surface area contributed by atoms with E-state index in [1.54, 1.807) is 12.2 Å². The number of carbonyl (C=O) groups excluding carboxylic acids is 1. The van der Waals surface area contributed by atoms with Crippen LogP contribution in [0.3, 0.4) is 0 Å². The molecule has 0 saturated heterocycles. The minimum Gasteiger partial charge on any atom is -0.319 e. The van der Waals surface area contributed by atoms with Gasteiger partial charge < -0.3 is 5.32 Å². The van der Waals surface area contributed by atoms with Gasteiger partial charge in [-0.1, -0.05) is 0 Å². The summed E-state index contributed by atoms with van der Waals surface area (Å²) in [5, 5.41) is 6.49. The average Bonchev–Trinajstić information content (AvgIpc) is 3.48. The van der Waals surface area contributed by atoms with Crippen LogP contribution >= 0.6 is 0 Å². The second kappa shape index (κ2) is 7.20. The molecule has 5 nitrogen and oxygen atoms in total. The molecule has 164 valence electrons. The van der Waals surface area contributed by atoms with Crippen LogP contribution in [0, 0.1) is 30.2 Å². The van der Waals surface area contributed by atoms with Gasteiger partial charge in [-0.3, -0.25) is 4.79 Å². The first-order valence-corrected chi connectivity index (χ1v) is 9.05. The smallest absolute Gasteiger partial charge is 0.319 e. The van der Waals surface area contributed by atoms with E-state index in [0.717, 1.165) is 28.5 Å². The number of aromatic nitrogens is 3. The lowest BCUT2D eigenvalue weighted by Gasteiger charge is -2.14. The summed E-state index contributed by atoms with van der Waals surface area (Å²) in [7, 11) is 0. The van der Waals surface area contributed by atoms with Gasteiger partial charge in [0.2, 0.25) is 5.91 Å². The number of rotatable bonds is 4. The molecule has 1 saturated carbocycles. The summed E-state index contributed by atoms with van der Waals surface area (Å²) in [6.07, 6.45) is -2.16. The van der Waals surface area contributed by atoms with Crippen molar-refractivity contribution >= 4 is 22.6 Å². The van der Waals surface area contributed by atoms with Crippen LogP contribution in [0.4, 0.5) is 36.4 Å². The highest BCUT2D eigenvalue weighted by Crippen LogP contribution is 2.43. The minimum absolute atomic E-state index is 0.322. The summed E-state index contributed by atoms with van der Waals surface area (Å²) in [6.45, 7) is 1.04. The Balaban J connectivity index is 1.66. The van der Waals surface area contributed by atoms with Crippen molar-refractivity contribution in [3.63, 3.8) is 0 Å². The first kappa shape index (κ1) is 21.1. The second-order valence-electron chi connectivity index (χ2n) is 7.17. The maximum atomic E-state index is 14.0. The number of carbonyl (C=O) groups is 1. The zero-order valence-electron chi connectivity index (χ0n) is 15.7. The highest BCUT2D eigenvalue weighted by molar-refractivity contribution is 5.92. The van der Waals surface area contributed by atoms with Crippen LogP contribution in [0.2, 0.25) is 0 Å². The number of aryl methyl sites for hydroxylation is 1. The highest BCUT2D eigenvalue weighted by Gasteiger charge is 2.42. The normalized spacial score (nSPS) is 14.3. The molecule has 12 heteroatoms. The zero-order valence-corrected chi connectivity index (χ0v) is 15.7. The van der Waals surface area contributed by atoms with Gasteiger partial charge in [0.05, 0.1) is 5.69 Å². The van der Waals surface area contributed by atoms with E-state index in [4.69, 9.17) is 0 Å². The number of alkyl halides is 3. The van der Waals surface area contributed by atoms with Crippen LogP contribution in [-0.4, -0.2) is 20.7 Å². The van der Waals surface area contributed by atoms with Crippen LogP contribution in [0.25, 0.3) is 11.0 Å². The van der Waals surface area contributed by atoms with Gasteiger partial charge in [0, 0.05) is 11.6 Å².